The molecule has 0 bridgehead atoms. The molecule has 1 N–H and O–H groups in total. The third-order valence-electron chi connectivity index (χ3n) is 7.61. The molecule has 0 radical (unpaired) electrons. The standard InChI is InChI=1S/C36H41N3O6S/c1-5-27(3)37-36(41)34(6-2)38(25-28-17-21-30(44-4)22-18-28)35(40)26-39(46(42,43)33-15-11-8-12-16-33)29-19-23-32(24-20-29)45-31-13-9-7-10-14-31/h7-24,27,34H,5-6,25-26H2,1-4H3,(H,37,41)/t27-,34-/m0/s1. The van der Waals surface area contributed by atoms with Gasteiger partial charge in [-0.25, -0.2) is 8.42 Å². The van der Waals surface area contributed by atoms with Gasteiger partial charge in [0.15, 0.2) is 0 Å². The van der Waals surface area contributed by atoms with Crippen molar-refractivity contribution in [3.8, 4) is 17.2 Å². The molecule has 9 nitrogen and oxygen atoms in total. The zero-order chi connectivity index (χ0) is 33.1. The first kappa shape index (κ1) is 34.1. The number of hydrogen-bond donors (Lipinski definition) is 1. The van der Waals surface area contributed by atoms with Crippen LogP contribution in [-0.4, -0.2) is 50.9 Å². The van der Waals surface area contributed by atoms with E-state index in [9.17, 15) is 18.0 Å². The Bertz CT molecular complexity index is 1660. The molecule has 2 atom stereocenters. The van der Waals surface area contributed by atoms with Gasteiger partial charge in [0.1, 0.15) is 29.8 Å². The second-order valence-corrected chi connectivity index (χ2v) is 12.7. The summed E-state index contributed by atoms with van der Waals surface area (Å²) in [6.45, 7) is 5.27. The van der Waals surface area contributed by atoms with E-state index < -0.39 is 28.5 Å². The van der Waals surface area contributed by atoms with Crippen LogP contribution in [0.1, 0.15) is 39.2 Å². The molecular weight excluding hydrogens is 602 g/mol. The smallest absolute Gasteiger partial charge is 0.264 e. The molecule has 0 saturated heterocycles. The number of methoxy groups -OCH3 is 1. The van der Waals surface area contributed by atoms with Crippen LogP contribution >= 0.6 is 0 Å². The number of amides is 2. The zero-order valence-corrected chi connectivity index (χ0v) is 27.4. The van der Waals surface area contributed by atoms with Crippen LogP contribution < -0.4 is 19.1 Å². The van der Waals surface area contributed by atoms with Crippen molar-refractivity contribution in [3.63, 3.8) is 0 Å². The molecule has 2 amide bonds. The van der Waals surface area contributed by atoms with Crippen molar-refractivity contribution < 1.29 is 27.5 Å². The lowest BCUT2D eigenvalue weighted by Crippen LogP contribution is -2.53. The highest BCUT2D eigenvalue weighted by atomic mass is 32.2. The minimum Gasteiger partial charge on any atom is -0.497 e. The summed E-state index contributed by atoms with van der Waals surface area (Å²) in [5, 5.41) is 2.99. The maximum Gasteiger partial charge on any atom is 0.264 e. The van der Waals surface area contributed by atoms with E-state index in [1.54, 1.807) is 61.7 Å². The van der Waals surface area contributed by atoms with Crippen LogP contribution in [0.15, 0.2) is 114 Å². The Morgan fingerprint density at radius 3 is 1.89 bits per heavy atom. The number of rotatable bonds is 15. The summed E-state index contributed by atoms with van der Waals surface area (Å²) in [6, 6.07) is 30.0. The van der Waals surface area contributed by atoms with Gasteiger partial charge in [-0.05, 0) is 86.0 Å². The fraction of sp³-hybridized carbons (Fsp3) is 0.278. The normalized spacial score (nSPS) is 12.4. The van der Waals surface area contributed by atoms with E-state index in [1.807, 2.05) is 63.2 Å². The predicted molar refractivity (Wildman–Crippen MR) is 179 cm³/mol. The third-order valence-corrected chi connectivity index (χ3v) is 9.40. The van der Waals surface area contributed by atoms with Crippen LogP contribution in [0.5, 0.6) is 17.2 Å². The van der Waals surface area contributed by atoms with Gasteiger partial charge in [0.05, 0.1) is 17.7 Å². The Balaban J connectivity index is 1.71. The quantitative estimate of drug-likeness (QED) is 0.161. The molecule has 10 heteroatoms. The average Bonchev–Trinajstić information content (AvgIpc) is 3.08. The summed E-state index contributed by atoms with van der Waals surface area (Å²) >= 11 is 0. The van der Waals surface area contributed by atoms with Gasteiger partial charge >= 0.3 is 0 Å². The van der Waals surface area contributed by atoms with Crippen molar-refractivity contribution >= 4 is 27.5 Å². The number of ether oxygens (including phenoxy) is 2. The Morgan fingerprint density at radius 2 is 1.33 bits per heavy atom. The highest BCUT2D eigenvalue weighted by molar-refractivity contribution is 7.92. The highest BCUT2D eigenvalue weighted by Gasteiger charge is 2.34. The van der Waals surface area contributed by atoms with Crippen LogP contribution in [0.3, 0.4) is 0 Å². The summed E-state index contributed by atoms with van der Waals surface area (Å²) in [5.74, 6) is 0.981. The van der Waals surface area contributed by atoms with Gasteiger partial charge in [-0.3, -0.25) is 13.9 Å². The van der Waals surface area contributed by atoms with Gasteiger partial charge < -0.3 is 19.7 Å². The third kappa shape index (κ3) is 8.66. The van der Waals surface area contributed by atoms with Gasteiger partial charge in [-0.15, -0.1) is 0 Å². The molecule has 242 valence electrons. The fourth-order valence-electron chi connectivity index (χ4n) is 4.84. The molecule has 0 fully saturated rings. The second-order valence-electron chi connectivity index (χ2n) is 10.8. The SMILES string of the molecule is CC[C@H](C)NC(=O)[C@H](CC)N(Cc1ccc(OC)cc1)C(=O)CN(c1ccc(Oc2ccccc2)cc1)S(=O)(=O)c1ccccc1. The van der Waals surface area contributed by atoms with Crippen LogP contribution in [0, 0.1) is 0 Å². The van der Waals surface area contributed by atoms with E-state index in [1.165, 1.54) is 17.0 Å². The molecule has 0 aromatic heterocycles. The van der Waals surface area contributed by atoms with Crippen LogP contribution in [-0.2, 0) is 26.2 Å². The summed E-state index contributed by atoms with van der Waals surface area (Å²) in [7, 11) is -2.62. The Labute approximate surface area is 271 Å². The molecule has 0 aliphatic heterocycles. The number of nitrogens with zero attached hydrogens (tertiary/aromatic N) is 2. The summed E-state index contributed by atoms with van der Waals surface area (Å²) in [5.41, 5.74) is 1.04. The van der Waals surface area contributed by atoms with Crippen molar-refractivity contribution in [1.82, 2.24) is 10.2 Å². The second kappa shape index (κ2) is 15.9. The number of benzene rings is 4. The van der Waals surface area contributed by atoms with E-state index in [-0.39, 0.29) is 29.1 Å². The molecule has 0 heterocycles. The van der Waals surface area contributed by atoms with Crippen LogP contribution in [0.4, 0.5) is 5.69 Å². The molecule has 46 heavy (non-hydrogen) atoms. The monoisotopic (exact) mass is 643 g/mol. The molecule has 0 aliphatic rings. The van der Waals surface area contributed by atoms with Gasteiger partial charge in [-0.1, -0.05) is 62.4 Å². The largest absolute Gasteiger partial charge is 0.497 e. The van der Waals surface area contributed by atoms with Gasteiger partial charge in [0, 0.05) is 12.6 Å². The molecule has 4 aromatic rings. The maximum absolute atomic E-state index is 14.3. The number of carbonyl (C=O) groups excluding carboxylic acids is 2. The first-order valence-corrected chi connectivity index (χ1v) is 16.7. The molecule has 0 aliphatic carbocycles. The van der Waals surface area contributed by atoms with E-state index in [2.05, 4.69) is 5.32 Å². The molecule has 4 aromatic carbocycles. The highest BCUT2D eigenvalue weighted by Crippen LogP contribution is 2.29. The number of nitrogens with one attached hydrogen (secondary N) is 1. The average molecular weight is 644 g/mol. The van der Waals surface area contributed by atoms with Gasteiger partial charge in [0.25, 0.3) is 10.0 Å². The van der Waals surface area contributed by atoms with Crippen molar-refractivity contribution in [2.45, 2.75) is 57.1 Å². The van der Waals surface area contributed by atoms with Gasteiger partial charge in [-0.2, -0.15) is 0 Å². The van der Waals surface area contributed by atoms with Crippen LogP contribution in [0.25, 0.3) is 0 Å². The maximum atomic E-state index is 14.3. The molecule has 0 saturated carbocycles. The first-order chi connectivity index (χ1) is 22.2. The summed E-state index contributed by atoms with van der Waals surface area (Å²) in [6.07, 6.45) is 1.06. The lowest BCUT2D eigenvalue weighted by molar-refractivity contribution is -0.140. The summed E-state index contributed by atoms with van der Waals surface area (Å²) < 4.78 is 40.4. The molecule has 4 rings (SSSR count). The Hall–Kier alpha value is -4.83. The topological polar surface area (TPSA) is 105 Å². The number of carbonyl (C=O) groups is 2. The minimum absolute atomic E-state index is 0.0377. The number of anilines is 1. The first-order valence-electron chi connectivity index (χ1n) is 15.3. The van der Waals surface area contributed by atoms with Crippen molar-refractivity contribution in [3.05, 3.63) is 115 Å². The molecular formula is C36H41N3O6S. The number of sulfonamides is 1. The molecule has 0 unspecified atom stereocenters. The van der Waals surface area contributed by atoms with Crippen molar-refractivity contribution in [2.24, 2.45) is 0 Å². The van der Waals surface area contributed by atoms with E-state index in [0.717, 1.165) is 16.3 Å². The van der Waals surface area contributed by atoms with E-state index >= 15 is 0 Å². The minimum atomic E-state index is -4.18. The van der Waals surface area contributed by atoms with E-state index in [0.29, 0.717) is 23.7 Å². The van der Waals surface area contributed by atoms with Crippen molar-refractivity contribution in [2.75, 3.05) is 18.0 Å². The van der Waals surface area contributed by atoms with Crippen LogP contribution in [0.2, 0.25) is 0 Å². The summed E-state index contributed by atoms with van der Waals surface area (Å²) in [4.78, 5) is 29.3. The number of hydrogen-bond acceptors (Lipinski definition) is 6. The Kier molecular flexibility index (Phi) is 11.8. The Morgan fingerprint density at radius 1 is 0.761 bits per heavy atom. The van der Waals surface area contributed by atoms with E-state index in [4.69, 9.17) is 9.47 Å². The van der Waals surface area contributed by atoms with Gasteiger partial charge in [0.2, 0.25) is 11.8 Å². The zero-order valence-electron chi connectivity index (χ0n) is 26.6. The predicted octanol–water partition coefficient (Wildman–Crippen LogP) is 6.40. The lowest BCUT2D eigenvalue weighted by atomic mass is 10.1. The number of para-hydroxylation sites is 1. The fourth-order valence-corrected chi connectivity index (χ4v) is 6.28. The lowest BCUT2D eigenvalue weighted by Gasteiger charge is -2.33. The molecule has 0 spiro atoms. The van der Waals surface area contributed by atoms with Crippen molar-refractivity contribution in [1.29, 1.82) is 0 Å².